The molecule has 0 N–H and O–H groups in total. The normalized spacial score (nSPS) is 10.8. The van der Waals surface area contributed by atoms with E-state index >= 15 is 0 Å². The lowest BCUT2D eigenvalue weighted by atomic mass is 10.1. The second kappa shape index (κ2) is 11.3. The van der Waals surface area contributed by atoms with Crippen LogP contribution in [-0.2, 0) is 24.3 Å². The molecule has 0 atom stereocenters. The van der Waals surface area contributed by atoms with Gasteiger partial charge in [0, 0.05) is 25.2 Å². The van der Waals surface area contributed by atoms with Gasteiger partial charge >= 0.3 is 0 Å². The Labute approximate surface area is 201 Å². The zero-order chi connectivity index (χ0) is 23.8. The number of hydrogen-bond acceptors (Lipinski definition) is 4. The van der Waals surface area contributed by atoms with Gasteiger partial charge in [-0.1, -0.05) is 96.2 Å². The summed E-state index contributed by atoms with van der Waals surface area (Å²) in [5.41, 5.74) is 4.80. The maximum atomic E-state index is 13.6. The van der Waals surface area contributed by atoms with Crippen molar-refractivity contribution in [2.75, 3.05) is 18.0 Å². The van der Waals surface area contributed by atoms with E-state index in [0.717, 1.165) is 46.9 Å². The van der Waals surface area contributed by atoms with Crippen LogP contribution in [0.2, 0.25) is 0 Å². The van der Waals surface area contributed by atoms with E-state index in [1.165, 1.54) is 0 Å². The van der Waals surface area contributed by atoms with Crippen molar-refractivity contribution in [1.82, 2.24) is 10.1 Å². The summed E-state index contributed by atoms with van der Waals surface area (Å²) in [5, 5.41) is 4.45. The van der Waals surface area contributed by atoms with Crippen LogP contribution in [0.1, 0.15) is 30.5 Å². The molecule has 4 rings (SSSR count). The minimum absolute atomic E-state index is 0.0701. The summed E-state index contributed by atoms with van der Waals surface area (Å²) in [5.74, 6) is 0.801. The maximum Gasteiger partial charge on any atom is 0.232 e. The molecule has 1 amide bonds. The predicted octanol–water partition coefficient (Wildman–Crippen LogP) is 5.96. The lowest BCUT2D eigenvalue weighted by Crippen LogP contribution is -2.32. The molecule has 1 aromatic heterocycles. The fourth-order valence-corrected chi connectivity index (χ4v) is 4.13. The maximum absolute atomic E-state index is 13.6. The standard InChI is InChI=1S/C29H31N3O2/c1-3-31(4-2)29-26(28(30-34-29)25-18-12-7-13-19-25)22-32(21-24-16-10-6-11-17-24)27(33)20-23-14-8-5-9-15-23/h5-19H,3-4,20-22H2,1-2H3. The third kappa shape index (κ3) is 5.54. The molecular formula is C29H31N3O2. The van der Waals surface area contributed by atoms with Crippen LogP contribution in [0.4, 0.5) is 5.88 Å². The first kappa shape index (κ1) is 23.3. The van der Waals surface area contributed by atoms with Crippen LogP contribution in [0.15, 0.2) is 95.5 Å². The van der Waals surface area contributed by atoms with Gasteiger partial charge in [0.1, 0.15) is 5.69 Å². The molecular weight excluding hydrogens is 422 g/mol. The highest BCUT2D eigenvalue weighted by Gasteiger charge is 2.25. The number of amides is 1. The first-order valence-corrected chi connectivity index (χ1v) is 11.8. The van der Waals surface area contributed by atoms with Crippen LogP contribution in [0.25, 0.3) is 11.3 Å². The van der Waals surface area contributed by atoms with Crippen LogP contribution in [-0.4, -0.2) is 29.1 Å². The molecule has 5 heteroatoms. The van der Waals surface area contributed by atoms with Gasteiger partial charge in [-0.25, -0.2) is 0 Å². The Kier molecular flexibility index (Phi) is 7.76. The van der Waals surface area contributed by atoms with Gasteiger partial charge in [-0.2, -0.15) is 0 Å². The lowest BCUT2D eigenvalue weighted by molar-refractivity contribution is -0.131. The van der Waals surface area contributed by atoms with E-state index in [4.69, 9.17) is 4.52 Å². The smallest absolute Gasteiger partial charge is 0.232 e. The van der Waals surface area contributed by atoms with Crippen molar-refractivity contribution in [3.8, 4) is 11.3 Å². The van der Waals surface area contributed by atoms with Gasteiger partial charge in [-0.3, -0.25) is 4.79 Å². The molecule has 0 aliphatic heterocycles. The number of aromatic nitrogens is 1. The summed E-state index contributed by atoms with van der Waals surface area (Å²) in [4.78, 5) is 17.6. The fourth-order valence-electron chi connectivity index (χ4n) is 4.13. The second-order valence-electron chi connectivity index (χ2n) is 8.25. The van der Waals surface area contributed by atoms with Crippen molar-refractivity contribution in [3.63, 3.8) is 0 Å². The molecule has 5 nitrogen and oxygen atoms in total. The summed E-state index contributed by atoms with van der Waals surface area (Å²) < 4.78 is 5.88. The summed E-state index contributed by atoms with van der Waals surface area (Å²) in [7, 11) is 0. The molecule has 0 spiro atoms. The number of carbonyl (C=O) groups is 1. The average Bonchev–Trinajstić information content (AvgIpc) is 3.29. The number of hydrogen-bond donors (Lipinski definition) is 0. The molecule has 0 aliphatic rings. The van der Waals surface area contributed by atoms with Gasteiger partial charge in [0.05, 0.1) is 18.5 Å². The second-order valence-corrected chi connectivity index (χ2v) is 8.25. The van der Waals surface area contributed by atoms with Crippen LogP contribution in [0.5, 0.6) is 0 Å². The molecule has 0 unspecified atom stereocenters. The first-order chi connectivity index (χ1) is 16.7. The van der Waals surface area contributed by atoms with Crippen molar-refractivity contribution >= 4 is 11.8 Å². The Balaban J connectivity index is 1.72. The average molecular weight is 454 g/mol. The molecule has 0 radical (unpaired) electrons. The molecule has 0 saturated heterocycles. The lowest BCUT2D eigenvalue weighted by Gasteiger charge is -2.25. The van der Waals surface area contributed by atoms with Crippen LogP contribution >= 0.6 is 0 Å². The Morgan fingerprint density at radius 1 is 0.765 bits per heavy atom. The first-order valence-electron chi connectivity index (χ1n) is 11.8. The van der Waals surface area contributed by atoms with E-state index in [0.29, 0.717) is 19.5 Å². The molecule has 0 bridgehead atoms. The van der Waals surface area contributed by atoms with E-state index in [-0.39, 0.29) is 5.91 Å². The highest BCUT2D eigenvalue weighted by Crippen LogP contribution is 2.33. The number of benzene rings is 3. The molecule has 34 heavy (non-hydrogen) atoms. The highest BCUT2D eigenvalue weighted by atomic mass is 16.5. The van der Waals surface area contributed by atoms with Crippen molar-refractivity contribution in [2.24, 2.45) is 0 Å². The molecule has 0 fully saturated rings. The van der Waals surface area contributed by atoms with Gasteiger partial charge in [0.25, 0.3) is 0 Å². The fraction of sp³-hybridized carbons (Fsp3) is 0.241. The van der Waals surface area contributed by atoms with E-state index < -0.39 is 0 Å². The Hall–Kier alpha value is -3.86. The zero-order valence-electron chi connectivity index (χ0n) is 19.9. The minimum atomic E-state index is 0.0701. The van der Waals surface area contributed by atoms with E-state index in [1.807, 2.05) is 83.8 Å². The topological polar surface area (TPSA) is 49.6 Å². The monoisotopic (exact) mass is 453 g/mol. The summed E-state index contributed by atoms with van der Waals surface area (Å²) >= 11 is 0. The zero-order valence-corrected chi connectivity index (χ0v) is 19.9. The quantitative estimate of drug-likeness (QED) is 0.297. The van der Waals surface area contributed by atoms with Crippen LogP contribution < -0.4 is 4.90 Å². The Morgan fingerprint density at radius 2 is 1.32 bits per heavy atom. The molecule has 1 heterocycles. The van der Waals surface area contributed by atoms with Gasteiger partial charge in [0.2, 0.25) is 11.8 Å². The number of carbonyl (C=O) groups excluding carboxylic acids is 1. The van der Waals surface area contributed by atoms with Crippen molar-refractivity contribution < 1.29 is 9.32 Å². The number of anilines is 1. The third-order valence-corrected chi connectivity index (χ3v) is 5.98. The highest BCUT2D eigenvalue weighted by molar-refractivity contribution is 5.79. The number of nitrogens with zero attached hydrogens (tertiary/aromatic N) is 3. The van der Waals surface area contributed by atoms with Gasteiger partial charge in [-0.15, -0.1) is 0 Å². The van der Waals surface area contributed by atoms with Crippen molar-refractivity contribution in [2.45, 2.75) is 33.4 Å². The molecule has 3 aromatic carbocycles. The number of rotatable bonds is 10. The van der Waals surface area contributed by atoms with E-state index in [2.05, 4.69) is 36.0 Å². The summed E-state index contributed by atoms with van der Waals surface area (Å²) in [6.45, 7) is 6.72. The predicted molar refractivity (Wildman–Crippen MR) is 136 cm³/mol. The third-order valence-electron chi connectivity index (χ3n) is 5.98. The van der Waals surface area contributed by atoms with E-state index in [9.17, 15) is 4.79 Å². The summed E-state index contributed by atoms with van der Waals surface area (Å²) in [6, 6.07) is 30.0. The molecule has 174 valence electrons. The van der Waals surface area contributed by atoms with Crippen LogP contribution in [0, 0.1) is 0 Å². The van der Waals surface area contributed by atoms with Crippen molar-refractivity contribution in [1.29, 1.82) is 0 Å². The van der Waals surface area contributed by atoms with E-state index in [1.54, 1.807) is 0 Å². The summed E-state index contributed by atoms with van der Waals surface area (Å²) in [6.07, 6.45) is 0.347. The largest absolute Gasteiger partial charge is 0.341 e. The van der Waals surface area contributed by atoms with Crippen LogP contribution in [0.3, 0.4) is 0 Å². The molecule has 0 aliphatic carbocycles. The SMILES string of the molecule is CCN(CC)c1onc(-c2ccccc2)c1CN(Cc1ccccc1)C(=O)Cc1ccccc1. The van der Waals surface area contributed by atoms with Gasteiger partial charge in [0.15, 0.2) is 0 Å². The van der Waals surface area contributed by atoms with Crippen molar-refractivity contribution in [3.05, 3.63) is 108 Å². The Bertz CT molecular complexity index is 1170. The van der Waals surface area contributed by atoms with Gasteiger partial charge < -0.3 is 14.3 Å². The minimum Gasteiger partial charge on any atom is -0.341 e. The Morgan fingerprint density at radius 3 is 1.91 bits per heavy atom. The molecule has 4 aromatic rings. The molecule has 0 saturated carbocycles. The van der Waals surface area contributed by atoms with Gasteiger partial charge in [-0.05, 0) is 25.0 Å².